The molecule has 0 aliphatic heterocycles. The molecule has 21 heavy (non-hydrogen) atoms. The van der Waals surface area contributed by atoms with Crippen LogP contribution in [-0.2, 0) is 4.79 Å². The summed E-state index contributed by atoms with van der Waals surface area (Å²) in [6, 6.07) is 0.193. The summed E-state index contributed by atoms with van der Waals surface area (Å²) in [6.07, 6.45) is 5.88. The second-order valence-electron chi connectivity index (χ2n) is 7.23. The van der Waals surface area contributed by atoms with Crippen LogP contribution in [-0.4, -0.2) is 29.7 Å². The van der Waals surface area contributed by atoms with Gasteiger partial charge < -0.3 is 15.7 Å². The fraction of sp³-hybridized carbons (Fsp3) is 0.875. The van der Waals surface area contributed by atoms with Crippen molar-refractivity contribution in [1.82, 2.24) is 10.6 Å². The molecule has 5 heteroatoms. The molecule has 4 unspecified atom stereocenters. The Morgan fingerprint density at radius 3 is 2.52 bits per heavy atom. The van der Waals surface area contributed by atoms with Crippen molar-refractivity contribution in [3.8, 4) is 0 Å². The molecule has 2 fully saturated rings. The molecule has 4 atom stereocenters. The van der Waals surface area contributed by atoms with Crippen molar-refractivity contribution in [3.05, 3.63) is 0 Å². The van der Waals surface area contributed by atoms with Crippen molar-refractivity contribution in [3.63, 3.8) is 0 Å². The van der Waals surface area contributed by atoms with E-state index in [1.807, 2.05) is 0 Å². The molecule has 5 nitrogen and oxygen atoms in total. The Bertz CT molecular complexity index is 384. The molecule has 2 aliphatic rings. The van der Waals surface area contributed by atoms with E-state index in [2.05, 4.69) is 24.5 Å². The number of carboxylic acids is 1. The molecule has 2 saturated carbocycles. The van der Waals surface area contributed by atoms with Crippen LogP contribution in [0.2, 0.25) is 0 Å². The number of nitrogens with one attached hydrogen (secondary N) is 2. The zero-order chi connectivity index (χ0) is 15.4. The Hall–Kier alpha value is -1.26. The summed E-state index contributed by atoms with van der Waals surface area (Å²) in [5.74, 6) is 1.11. The molecule has 2 aliphatic carbocycles. The summed E-state index contributed by atoms with van der Waals surface area (Å²) in [5, 5.41) is 14.9. The van der Waals surface area contributed by atoms with Gasteiger partial charge in [-0.25, -0.2) is 4.79 Å². The SMILES string of the molecule is CC(C)CC(CNC(=O)NC1CC2CCC1C2)CC(=O)O. The average molecular weight is 296 g/mol. The lowest BCUT2D eigenvalue weighted by molar-refractivity contribution is -0.138. The molecule has 2 amide bonds. The Labute approximate surface area is 126 Å². The first-order valence-corrected chi connectivity index (χ1v) is 8.20. The maximum Gasteiger partial charge on any atom is 0.315 e. The predicted molar refractivity (Wildman–Crippen MR) is 81.0 cm³/mol. The number of carbonyl (C=O) groups is 2. The number of fused-ring (bicyclic) bond motifs is 2. The van der Waals surface area contributed by atoms with E-state index < -0.39 is 5.97 Å². The fourth-order valence-electron chi connectivity index (χ4n) is 4.03. The topological polar surface area (TPSA) is 78.4 Å². The lowest BCUT2D eigenvalue weighted by Crippen LogP contribution is -2.45. The number of urea groups is 1. The predicted octanol–water partition coefficient (Wildman–Crippen LogP) is 2.61. The van der Waals surface area contributed by atoms with Crippen LogP contribution in [0.5, 0.6) is 0 Å². The lowest BCUT2D eigenvalue weighted by atomic mass is 9.94. The molecule has 0 aromatic carbocycles. The average Bonchev–Trinajstić information content (AvgIpc) is 2.96. The van der Waals surface area contributed by atoms with Crippen molar-refractivity contribution in [2.75, 3.05) is 6.54 Å². The van der Waals surface area contributed by atoms with E-state index in [1.165, 1.54) is 19.3 Å². The minimum atomic E-state index is -0.795. The van der Waals surface area contributed by atoms with Crippen molar-refractivity contribution in [2.24, 2.45) is 23.7 Å². The van der Waals surface area contributed by atoms with Crippen LogP contribution >= 0.6 is 0 Å². The van der Waals surface area contributed by atoms with Crippen LogP contribution < -0.4 is 10.6 Å². The van der Waals surface area contributed by atoms with E-state index in [-0.39, 0.29) is 18.4 Å². The third-order valence-electron chi connectivity index (χ3n) is 4.87. The Balaban J connectivity index is 1.72. The molecule has 0 heterocycles. The van der Waals surface area contributed by atoms with Crippen molar-refractivity contribution < 1.29 is 14.7 Å². The molecule has 3 N–H and O–H groups in total. The molecular formula is C16H28N2O3. The molecule has 120 valence electrons. The zero-order valence-corrected chi connectivity index (χ0v) is 13.1. The van der Waals surface area contributed by atoms with Gasteiger partial charge in [0.2, 0.25) is 0 Å². The third kappa shape index (κ3) is 4.90. The first-order valence-electron chi connectivity index (χ1n) is 8.20. The van der Waals surface area contributed by atoms with Crippen LogP contribution in [0.25, 0.3) is 0 Å². The molecule has 0 aromatic heterocycles. The summed E-state index contributed by atoms with van der Waals surface area (Å²) in [7, 11) is 0. The Kier molecular flexibility index (Phi) is 5.48. The van der Waals surface area contributed by atoms with Gasteiger partial charge in [-0.05, 0) is 49.4 Å². The molecule has 0 radical (unpaired) electrons. The maximum atomic E-state index is 12.0. The van der Waals surface area contributed by atoms with Gasteiger partial charge >= 0.3 is 12.0 Å². The number of amides is 2. The summed E-state index contributed by atoms with van der Waals surface area (Å²) >= 11 is 0. The van der Waals surface area contributed by atoms with Crippen LogP contribution in [0.15, 0.2) is 0 Å². The molecule has 0 spiro atoms. The highest BCUT2D eigenvalue weighted by atomic mass is 16.4. The largest absolute Gasteiger partial charge is 0.481 e. The van der Waals surface area contributed by atoms with E-state index in [1.54, 1.807) is 0 Å². The molecule has 2 bridgehead atoms. The van der Waals surface area contributed by atoms with Gasteiger partial charge in [0.15, 0.2) is 0 Å². The maximum absolute atomic E-state index is 12.0. The fourth-order valence-corrected chi connectivity index (χ4v) is 4.03. The minimum absolute atomic E-state index is 0.00767. The normalized spacial score (nSPS) is 28.6. The number of carbonyl (C=O) groups excluding carboxylic acids is 1. The second kappa shape index (κ2) is 7.14. The van der Waals surface area contributed by atoms with E-state index in [0.717, 1.165) is 18.8 Å². The summed E-state index contributed by atoms with van der Waals surface area (Å²) in [4.78, 5) is 22.9. The number of rotatable bonds is 7. The van der Waals surface area contributed by atoms with Gasteiger partial charge in [-0.3, -0.25) is 4.79 Å². The molecule has 0 saturated heterocycles. The van der Waals surface area contributed by atoms with Gasteiger partial charge in [-0.2, -0.15) is 0 Å². The van der Waals surface area contributed by atoms with Gasteiger partial charge in [-0.15, -0.1) is 0 Å². The molecular weight excluding hydrogens is 268 g/mol. The van der Waals surface area contributed by atoms with Crippen molar-refractivity contribution in [1.29, 1.82) is 0 Å². The standard InChI is InChI=1S/C16H28N2O3/c1-10(2)5-12(8-15(19)20)9-17-16(21)18-14-7-11-3-4-13(14)6-11/h10-14H,3-9H2,1-2H3,(H,19,20)(H2,17,18,21). The van der Waals surface area contributed by atoms with E-state index in [0.29, 0.717) is 24.4 Å². The number of hydrogen-bond donors (Lipinski definition) is 3. The van der Waals surface area contributed by atoms with Gasteiger partial charge in [0.05, 0.1) is 0 Å². The van der Waals surface area contributed by atoms with Crippen molar-refractivity contribution in [2.45, 2.75) is 58.4 Å². The number of carboxylic acid groups (broad SMARTS) is 1. The van der Waals surface area contributed by atoms with Crippen molar-refractivity contribution >= 4 is 12.0 Å². The lowest BCUT2D eigenvalue weighted by Gasteiger charge is -2.24. The third-order valence-corrected chi connectivity index (χ3v) is 4.87. The van der Waals surface area contributed by atoms with Crippen LogP contribution in [0, 0.1) is 23.7 Å². The number of hydrogen-bond acceptors (Lipinski definition) is 2. The van der Waals surface area contributed by atoms with E-state index >= 15 is 0 Å². The van der Waals surface area contributed by atoms with E-state index in [4.69, 9.17) is 5.11 Å². The summed E-state index contributed by atoms with van der Waals surface area (Å²) in [6.45, 7) is 4.59. The highest BCUT2D eigenvalue weighted by Gasteiger charge is 2.40. The first-order chi connectivity index (χ1) is 9.94. The smallest absolute Gasteiger partial charge is 0.315 e. The van der Waals surface area contributed by atoms with Gasteiger partial charge in [0, 0.05) is 19.0 Å². The monoisotopic (exact) mass is 296 g/mol. The highest BCUT2D eigenvalue weighted by Crippen LogP contribution is 2.44. The van der Waals surface area contributed by atoms with Gasteiger partial charge in [0.25, 0.3) is 0 Å². The molecule has 2 rings (SSSR count). The summed E-state index contributed by atoms with van der Waals surface area (Å²) in [5.41, 5.74) is 0. The second-order valence-corrected chi connectivity index (χ2v) is 7.23. The summed E-state index contributed by atoms with van der Waals surface area (Å²) < 4.78 is 0. The number of aliphatic carboxylic acids is 1. The van der Waals surface area contributed by atoms with Gasteiger partial charge in [-0.1, -0.05) is 20.3 Å². The zero-order valence-electron chi connectivity index (χ0n) is 13.1. The van der Waals surface area contributed by atoms with Crippen LogP contribution in [0.1, 0.15) is 52.4 Å². The Morgan fingerprint density at radius 2 is 2.00 bits per heavy atom. The van der Waals surface area contributed by atoms with Crippen LogP contribution in [0.4, 0.5) is 4.79 Å². The molecule has 0 aromatic rings. The highest BCUT2D eigenvalue weighted by molar-refractivity contribution is 5.74. The Morgan fingerprint density at radius 1 is 1.24 bits per heavy atom. The van der Waals surface area contributed by atoms with Gasteiger partial charge in [0.1, 0.15) is 0 Å². The first kappa shape index (κ1) is 16.1. The quantitative estimate of drug-likeness (QED) is 0.675. The minimum Gasteiger partial charge on any atom is -0.481 e. The van der Waals surface area contributed by atoms with Crippen LogP contribution in [0.3, 0.4) is 0 Å². The van der Waals surface area contributed by atoms with E-state index in [9.17, 15) is 9.59 Å².